The van der Waals surface area contributed by atoms with Gasteiger partial charge >= 0.3 is 0 Å². The van der Waals surface area contributed by atoms with Crippen molar-refractivity contribution < 1.29 is 18.7 Å². The van der Waals surface area contributed by atoms with Crippen molar-refractivity contribution in [3.63, 3.8) is 0 Å². The molecule has 0 unspecified atom stereocenters. The molecule has 1 saturated heterocycles. The Morgan fingerprint density at radius 3 is 2.41 bits per heavy atom. The van der Waals surface area contributed by atoms with Crippen LogP contribution in [0.3, 0.4) is 0 Å². The van der Waals surface area contributed by atoms with E-state index in [-0.39, 0.29) is 18.2 Å². The van der Waals surface area contributed by atoms with Crippen molar-refractivity contribution in [2.24, 2.45) is 0 Å². The number of carbonyl (C=O) groups excluding carboxylic acids is 2. The molecule has 1 N–H and O–H groups in total. The summed E-state index contributed by atoms with van der Waals surface area (Å²) in [4.78, 5) is 28.3. The number of piperazine rings is 1. The summed E-state index contributed by atoms with van der Waals surface area (Å²) in [7, 11) is 1.65. The molecule has 0 radical (unpaired) electrons. The summed E-state index contributed by atoms with van der Waals surface area (Å²) in [6.07, 6.45) is 0. The lowest BCUT2D eigenvalue weighted by Gasteiger charge is -2.34. The number of ether oxygens (including phenoxy) is 1. The Morgan fingerprint density at radius 1 is 1.11 bits per heavy atom. The fraction of sp³-hybridized carbons (Fsp3) is 0.368. The number of methoxy groups -OCH3 is 1. The van der Waals surface area contributed by atoms with E-state index in [1.807, 2.05) is 12.1 Å². The molecule has 2 heterocycles. The van der Waals surface area contributed by atoms with Gasteiger partial charge in [0.1, 0.15) is 5.75 Å². The molecule has 2 aromatic rings. The number of halogens is 1. The number of nitrogens with one attached hydrogen (secondary N) is 1. The van der Waals surface area contributed by atoms with Gasteiger partial charge in [0.2, 0.25) is 5.91 Å². The van der Waals surface area contributed by atoms with E-state index >= 15 is 0 Å². The molecule has 0 atom stereocenters. The van der Waals surface area contributed by atoms with Crippen LogP contribution in [0, 0.1) is 0 Å². The van der Waals surface area contributed by atoms with E-state index in [0.717, 1.165) is 25.4 Å². The van der Waals surface area contributed by atoms with Gasteiger partial charge in [0.15, 0.2) is 10.4 Å². The third kappa shape index (κ3) is 5.33. The molecular formula is C19H22BrN3O4. The standard InChI is InChI=1S/C19H22BrN3O4/c1-26-15-4-2-14(3-5-15)13-22-8-10-23(11-9-22)18(24)12-21-19(25)16-6-7-17(20)27-16/h2-7H,8-13H2,1H3,(H,21,25). The maximum absolute atomic E-state index is 12.3. The third-order valence-corrected chi connectivity index (χ3v) is 4.91. The molecule has 1 fully saturated rings. The van der Waals surface area contributed by atoms with Gasteiger partial charge in [0, 0.05) is 32.7 Å². The first-order chi connectivity index (χ1) is 13.0. The molecule has 1 aliphatic heterocycles. The van der Waals surface area contributed by atoms with Gasteiger partial charge in [-0.15, -0.1) is 0 Å². The Kier molecular flexibility index (Phi) is 6.52. The molecule has 1 aromatic carbocycles. The van der Waals surface area contributed by atoms with Crippen LogP contribution in [0.5, 0.6) is 5.75 Å². The first-order valence-corrected chi connectivity index (χ1v) is 9.51. The van der Waals surface area contributed by atoms with Crippen LogP contribution in [-0.4, -0.2) is 61.4 Å². The van der Waals surface area contributed by atoms with Gasteiger partial charge in [-0.3, -0.25) is 14.5 Å². The first-order valence-electron chi connectivity index (χ1n) is 8.72. The summed E-state index contributed by atoms with van der Waals surface area (Å²) in [5, 5.41) is 2.60. The number of rotatable bonds is 6. The summed E-state index contributed by atoms with van der Waals surface area (Å²) in [5.74, 6) is 0.544. The summed E-state index contributed by atoms with van der Waals surface area (Å²) < 4.78 is 10.8. The number of nitrogens with zero attached hydrogens (tertiary/aromatic N) is 2. The second-order valence-corrected chi connectivity index (χ2v) is 7.07. The van der Waals surface area contributed by atoms with Crippen molar-refractivity contribution in [2.45, 2.75) is 6.54 Å². The quantitative estimate of drug-likeness (QED) is 0.751. The Hall–Kier alpha value is -2.32. The monoisotopic (exact) mass is 435 g/mol. The fourth-order valence-corrected chi connectivity index (χ4v) is 3.24. The lowest BCUT2D eigenvalue weighted by molar-refractivity contribution is -0.131. The molecule has 8 heteroatoms. The third-order valence-electron chi connectivity index (χ3n) is 4.49. The number of furan rings is 1. The molecule has 0 aliphatic carbocycles. The van der Waals surface area contributed by atoms with Crippen molar-refractivity contribution in [3.8, 4) is 5.75 Å². The van der Waals surface area contributed by atoms with Crippen LogP contribution in [0.25, 0.3) is 0 Å². The van der Waals surface area contributed by atoms with Gasteiger partial charge in [0.25, 0.3) is 5.91 Å². The molecule has 27 heavy (non-hydrogen) atoms. The Morgan fingerprint density at radius 2 is 1.81 bits per heavy atom. The van der Waals surface area contributed by atoms with E-state index in [9.17, 15) is 9.59 Å². The van der Waals surface area contributed by atoms with Gasteiger partial charge < -0.3 is 19.4 Å². The zero-order valence-corrected chi connectivity index (χ0v) is 16.7. The lowest BCUT2D eigenvalue weighted by Crippen LogP contribution is -2.50. The van der Waals surface area contributed by atoms with E-state index in [1.165, 1.54) is 5.56 Å². The first kappa shape index (κ1) is 19.4. The van der Waals surface area contributed by atoms with Gasteiger partial charge in [-0.2, -0.15) is 0 Å². The average Bonchev–Trinajstić information content (AvgIpc) is 3.13. The molecular weight excluding hydrogens is 414 g/mol. The average molecular weight is 436 g/mol. The van der Waals surface area contributed by atoms with Gasteiger partial charge in [0.05, 0.1) is 13.7 Å². The second-order valence-electron chi connectivity index (χ2n) is 6.29. The zero-order chi connectivity index (χ0) is 19.2. The molecule has 0 spiro atoms. The minimum absolute atomic E-state index is 0.0321. The maximum Gasteiger partial charge on any atom is 0.287 e. The fourth-order valence-electron chi connectivity index (χ4n) is 2.94. The van der Waals surface area contributed by atoms with Crippen LogP contribution < -0.4 is 10.1 Å². The summed E-state index contributed by atoms with van der Waals surface area (Å²) in [6.45, 7) is 3.72. The van der Waals surface area contributed by atoms with Crippen molar-refractivity contribution in [3.05, 3.63) is 52.4 Å². The lowest BCUT2D eigenvalue weighted by atomic mass is 10.2. The van der Waals surface area contributed by atoms with Crippen molar-refractivity contribution in [2.75, 3.05) is 39.8 Å². The van der Waals surface area contributed by atoms with Crippen LogP contribution in [0.2, 0.25) is 0 Å². The maximum atomic E-state index is 12.3. The molecule has 144 valence electrons. The highest BCUT2D eigenvalue weighted by molar-refractivity contribution is 9.10. The smallest absolute Gasteiger partial charge is 0.287 e. The summed E-state index contributed by atoms with van der Waals surface area (Å²) in [5.41, 5.74) is 1.22. The topological polar surface area (TPSA) is 75.0 Å². The van der Waals surface area contributed by atoms with Crippen molar-refractivity contribution in [1.29, 1.82) is 0 Å². The Bertz CT molecular complexity index is 783. The highest BCUT2D eigenvalue weighted by Crippen LogP contribution is 2.15. The second kappa shape index (κ2) is 9.05. The van der Waals surface area contributed by atoms with Crippen LogP contribution >= 0.6 is 15.9 Å². The SMILES string of the molecule is COc1ccc(CN2CCN(C(=O)CNC(=O)c3ccc(Br)o3)CC2)cc1. The predicted molar refractivity (Wildman–Crippen MR) is 104 cm³/mol. The molecule has 0 bridgehead atoms. The molecule has 1 aliphatic rings. The largest absolute Gasteiger partial charge is 0.497 e. The van der Waals surface area contributed by atoms with Crippen LogP contribution in [0.1, 0.15) is 16.1 Å². The Labute approximate surface area is 166 Å². The highest BCUT2D eigenvalue weighted by Gasteiger charge is 2.22. The normalized spacial score (nSPS) is 14.8. The van der Waals surface area contributed by atoms with Gasteiger partial charge in [-0.25, -0.2) is 0 Å². The number of carbonyl (C=O) groups is 2. The number of hydrogen-bond acceptors (Lipinski definition) is 5. The van der Waals surface area contributed by atoms with Crippen molar-refractivity contribution >= 4 is 27.7 Å². The molecule has 7 nitrogen and oxygen atoms in total. The summed E-state index contributed by atoms with van der Waals surface area (Å²) >= 11 is 3.15. The van der Waals surface area contributed by atoms with Gasteiger partial charge in [-0.1, -0.05) is 12.1 Å². The van der Waals surface area contributed by atoms with Crippen molar-refractivity contribution in [1.82, 2.24) is 15.1 Å². The molecule has 2 amide bonds. The van der Waals surface area contributed by atoms with E-state index in [0.29, 0.717) is 17.8 Å². The number of amides is 2. The van der Waals surface area contributed by atoms with Crippen LogP contribution in [0.4, 0.5) is 0 Å². The minimum atomic E-state index is -0.396. The van der Waals surface area contributed by atoms with Crippen LogP contribution in [0.15, 0.2) is 45.5 Å². The molecule has 1 aromatic heterocycles. The van der Waals surface area contributed by atoms with E-state index < -0.39 is 5.91 Å². The number of benzene rings is 1. The minimum Gasteiger partial charge on any atom is -0.497 e. The number of hydrogen-bond donors (Lipinski definition) is 1. The Balaban J connectivity index is 1.41. The van der Waals surface area contributed by atoms with E-state index in [2.05, 4.69) is 38.3 Å². The van der Waals surface area contributed by atoms with E-state index in [4.69, 9.17) is 9.15 Å². The highest BCUT2D eigenvalue weighted by atomic mass is 79.9. The predicted octanol–water partition coefficient (Wildman–Crippen LogP) is 2.12. The zero-order valence-electron chi connectivity index (χ0n) is 15.1. The van der Waals surface area contributed by atoms with Crippen LogP contribution in [-0.2, 0) is 11.3 Å². The van der Waals surface area contributed by atoms with E-state index in [1.54, 1.807) is 24.1 Å². The molecule has 0 saturated carbocycles. The van der Waals surface area contributed by atoms with Gasteiger partial charge in [-0.05, 0) is 45.8 Å². The molecule has 3 rings (SSSR count). The summed E-state index contributed by atoms with van der Waals surface area (Å²) in [6, 6.07) is 11.2.